The number of esters is 1. The first-order valence-electron chi connectivity index (χ1n) is 12.3. The maximum Gasteiger partial charge on any atom is 0.339 e. The summed E-state index contributed by atoms with van der Waals surface area (Å²) in [4.78, 5) is 51.4. The maximum absolute atomic E-state index is 13.0. The first-order valence-corrected chi connectivity index (χ1v) is 14.3. The van der Waals surface area contributed by atoms with E-state index in [-0.39, 0.29) is 34.4 Å². The van der Waals surface area contributed by atoms with E-state index in [1.807, 2.05) is 6.92 Å². The number of thioether (sulfide) groups is 1. The van der Waals surface area contributed by atoms with Gasteiger partial charge in [0.15, 0.2) is 0 Å². The number of ether oxygens (including phenoxy) is 2. The van der Waals surface area contributed by atoms with E-state index < -0.39 is 29.6 Å². The molecule has 1 N–H and O–H groups in total. The van der Waals surface area contributed by atoms with Crippen LogP contribution in [-0.4, -0.2) is 41.1 Å². The minimum Gasteiger partial charge on any atom is -0.489 e. The van der Waals surface area contributed by atoms with E-state index >= 15 is 0 Å². The van der Waals surface area contributed by atoms with E-state index in [4.69, 9.17) is 44.3 Å². The van der Waals surface area contributed by atoms with Crippen LogP contribution in [0.25, 0.3) is 6.08 Å². The van der Waals surface area contributed by atoms with E-state index in [1.54, 1.807) is 48.5 Å². The summed E-state index contributed by atoms with van der Waals surface area (Å²) in [5.74, 6) is -1.31. The molecular weight excluding hydrogens is 611 g/mol. The van der Waals surface area contributed by atoms with Crippen molar-refractivity contribution in [2.45, 2.75) is 20.0 Å². The Hall–Kier alpha value is -3.50. The largest absolute Gasteiger partial charge is 0.489 e. The summed E-state index contributed by atoms with van der Waals surface area (Å²) in [7, 11) is 0. The van der Waals surface area contributed by atoms with E-state index in [0.717, 1.165) is 22.2 Å². The van der Waals surface area contributed by atoms with Gasteiger partial charge in [-0.1, -0.05) is 59.9 Å². The Balaban J connectivity index is 1.39. The molecule has 0 saturated carbocycles. The monoisotopic (exact) mass is 632 g/mol. The highest BCUT2D eigenvalue weighted by Crippen LogP contribution is 2.33. The fourth-order valence-electron chi connectivity index (χ4n) is 3.66. The lowest BCUT2D eigenvalue weighted by molar-refractivity contribution is -0.127. The molecule has 0 spiro atoms. The number of carbonyl (C=O) groups is 4. The molecule has 41 heavy (non-hydrogen) atoms. The Morgan fingerprint density at radius 1 is 1.00 bits per heavy atom. The topological polar surface area (TPSA) is 102 Å². The van der Waals surface area contributed by atoms with Gasteiger partial charge in [-0.25, -0.2) is 4.79 Å². The maximum atomic E-state index is 13.0. The van der Waals surface area contributed by atoms with Crippen molar-refractivity contribution in [3.63, 3.8) is 0 Å². The van der Waals surface area contributed by atoms with Crippen LogP contribution in [0.4, 0.5) is 10.5 Å². The molecule has 1 aliphatic heterocycles. The number of nitrogens with one attached hydrogen (secondary N) is 1. The number of benzene rings is 3. The number of rotatable bonds is 10. The minimum absolute atomic E-state index is 0.0921. The van der Waals surface area contributed by atoms with Gasteiger partial charge in [-0.05, 0) is 72.3 Å². The summed E-state index contributed by atoms with van der Waals surface area (Å²) in [6.45, 7) is 1.79. The molecule has 3 amide bonds. The highest BCUT2D eigenvalue weighted by molar-refractivity contribution is 8.18. The SMILES string of the molecule is CCCOC(=O)c1cc(NC(=O)CN2C(=O)S/C(=C/c3cccc(OCc4ccc(Cl)cc4Cl)c3)C2=O)ccc1Cl. The van der Waals surface area contributed by atoms with Crippen molar-refractivity contribution in [1.82, 2.24) is 4.90 Å². The molecule has 3 aromatic rings. The summed E-state index contributed by atoms with van der Waals surface area (Å²) in [6, 6.07) is 16.4. The molecule has 0 aliphatic carbocycles. The molecule has 12 heteroatoms. The smallest absolute Gasteiger partial charge is 0.339 e. The molecule has 0 radical (unpaired) electrons. The van der Waals surface area contributed by atoms with Crippen molar-refractivity contribution in [2.24, 2.45) is 0 Å². The molecule has 3 aromatic carbocycles. The van der Waals surface area contributed by atoms with Crippen molar-refractivity contribution >= 4 is 81.4 Å². The molecule has 0 bridgehead atoms. The number of nitrogens with zero attached hydrogens (tertiary/aromatic N) is 1. The van der Waals surface area contributed by atoms with Gasteiger partial charge in [0.2, 0.25) is 5.91 Å². The number of imide groups is 1. The zero-order valence-electron chi connectivity index (χ0n) is 21.6. The third kappa shape index (κ3) is 8.04. The van der Waals surface area contributed by atoms with Crippen LogP contribution in [0.2, 0.25) is 15.1 Å². The zero-order chi connectivity index (χ0) is 29.5. The highest BCUT2D eigenvalue weighted by Gasteiger charge is 2.36. The standard InChI is InChI=1S/C29H23Cl3N2O6S/c1-2-10-39-28(37)22-14-20(8-9-23(22)31)33-26(35)15-34-27(36)25(41-29(34)38)12-17-4-3-5-21(11-17)40-16-18-6-7-19(30)13-24(18)32/h3-9,11-14H,2,10,15-16H2,1H3,(H,33,35)/b25-12+. The number of amides is 3. The lowest BCUT2D eigenvalue weighted by atomic mass is 10.2. The molecule has 0 unspecified atom stereocenters. The van der Waals surface area contributed by atoms with Gasteiger partial charge in [0.25, 0.3) is 11.1 Å². The van der Waals surface area contributed by atoms with Crippen LogP contribution in [0.15, 0.2) is 65.6 Å². The molecule has 1 aliphatic rings. The van der Waals surface area contributed by atoms with Crippen LogP contribution in [0.1, 0.15) is 34.8 Å². The van der Waals surface area contributed by atoms with Gasteiger partial charge < -0.3 is 14.8 Å². The van der Waals surface area contributed by atoms with Crippen LogP contribution in [0, 0.1) is 0 Å². The third-order valence-corrected chi connectivity index (χ3v) is 7.47. The van der Waals surface area contributed by atoms with Crippen molar-refractivity contribution in [3.05, 3.63) is 97.3 Å². The predicted octanol–water partition coefficient (Wildman–Crippen LogP) is 7.47. The van der Waals surface area contributed by atoms with Crippen LogP contribution in [0.5, 0.6) is 5.75 Å². The lowest BCUT2D eigenvalue weighted by Crippen LogP contribution is -2.36. The Morgan fingerprint density at radius 2 is 1.80 bits per heavy atom. The molecule has 8 nitrogen and oxygen atoms in total. The van der Waals surface area contributed by atoms with Crippen molar-refractivity contribution in [3.8, 4) is 5.75 Å². The quantitative estimate of drug-likeness (QED) is 0.183. The predicted molar refractivity (Wildman–Crippen MR) is 161 cm³/mol. The Kier molecular flexibility index (Phi) is 10.3. The first kappa shape index (κ1) is 30.5. The van der Waals surface area contributed by atoms with Crippen LogP contribution >= 0.6 is 46.6 Å². The van der Waals surface area contributed by atoms with Gasteiger partial charge in [-0.2, -0.15) is 0 Å². The van der Waals surface area contributed by atoms with Crippen LogP contribution < -0.4 is 10.1 Å². The molecule has 1 fully saturated rings. The van der Waals surface area contributed by atoms with E-state index in [9.17, 15) is 19.2 Å². The second-order valence-corrected chi connectivity index (χ2v) is 11.0. The second kappa shape index (κ2) is 13.9. The van der Waals surface area contributed by atoms with Gasteiger partial charge in [-0.15, -0.1) is 0 Å². The molecule has 0 atom stereocenters. The van der Waals surface area contributed by atoms with E-state index in [2.05, 4.69) is 5.32 Å². The van der Waals surface area contributed by atoms with E-state index in [1.165, 1.54) is 18.2 Å². The zero-order valence-corrected chi connectivity index (χ0v) is 24.7. The van der Waals surface area contributed by atoms with E-state index in [0.29, 0.717) is 27.8 Å². The summed E-state index contributed by atoms with van der Waals surface area (Å²) < 4.78 is 10.9. The first-order chi connectivity index (χ1) is 19.6. The second-order valence-electron chi connectivity index (χ2n) is 8.74. The Morgan fingerprint density at radius 3 is 2.56 bits per heavy atom. The number of hydrogen-bond donors (Lipinski definition) is 1. The van der Waals surface area contributed by atoms with Crippen molar-refractivity contribution < 1.29 is 28.7 Å². The Bertz CT molecular complexity index is 1540. The van der Waals surface area contributed by atoms with Gasteiger partial charge in [0, 0.05) is 21.3 Å². The summed E-state index contributed by atoms with van der Waals surface area (Å²) in [5, 5.41) is 3.18. The van der Waals surface area contributed by atoms with Crippen LogP contribution in [-0.2, 0) is 20.9 Å². The summed E-state index contributed by atoms with van der Waals surface area (Å²) in [5.41, 5.74) is 1.74. The fraction of sp³-hybridized carbons (Fsp3) is 0.172. The number of hydrogen-bond acceptors (Lipinski definition) is 7. The highest BCUT2D eigenvalue weighted by atomic mass is 35.5. The normalized spacial score (nSPS) is 14.0. The average molecular weight is 634 g/mol. The molecule has 1 heterocycles. The average Bonchev–Trinajstić information content (AvgIpc) is 3.19. The summed E-state index contributed by atoms with van der Waals surface area (Å²) >= 11 is 19.0. The van der Waals surface area contributed by atoms with Gasteiger partial charge >= 0.3 is 5.97 Å². The van der Waals surface area contributed by atoms with Crippen molar-refractivity contribution in [2.75, 3.05) is 18.5 Å². The van der Waals surface area contributed by atoms with Gasteiger partial charge in [0.1, 0.15) is 18.9 Å². The fourth-order valence-corrected chi connectivity index (χ4v) is 5.15. The molecule has 1 saturated heterocycles. The summed E-state index contributed by atoms with van der Waals surface area (Å²) in [6.07, 6.45) is 2.20. The molecule has 0 aromatic heterocycles. The number of halogens is 3. The minimum atomic E-state index is -0.625. The lowest BCUT2D eigenvalue weighted by Gasteiger charge is -2.13. The molecule has 4 rings (SSSR count). The third-order valence-electron chi connectivity index (χ3n) is 5.65. The van der Waals surface area contributed by atoms with Gasteiger partial charge in [-0.3, -0.25) is 19.3 Å². The Labute approximate surface area is 255 Å². The number of carbonyl (C=O) groups excluding carboxylic acids is 4. The van der Waals surface area contributed by atoms with Gasteiger partial charge in [0.05, 0.1) is 22.1 Å². The molecular formula is C29H23Cl3N2O6S. The van der Waals surface area contributed by atoms with Crippen molar-refractivity contribution in [1.29, 1.82) is 0 Å². The van der Waals surface area contributed by atoms with Crippen LogP contribution in [0.3, 0.4) is 0 Å². The molecule has 212 valence electrons. The number of anilines is 1.